The third-order valence-electron chi connectivity index (χ3n) is 9.28. The van der Waals surface area contributed by atoms with Gasteiger partial charge in [-0.05, 0) is 56.9 Å². The highest BCUT2D eigenvalue weighted by atomic mass is 16.5. The van der Waals surface area contributed by atoms with Crippen LogP contribution in [0, 0.1) is 17.3 Å². The van der Waals surface area contributed by atoms with Crippen LogP contribution in [-0.2, 0) is 25.7 Å². The molecule has 0 saturated carbocycles. The Labute approximate surface area is 257 Å². The lowest BCUT2D eigenvalue weighted by Crippen LogP contribution is -2.61. The van der Waals surface area contributed by atoms with Crippen molar-refractivity contribution in [3.8, 4) is 0 Å². The second-order valence-corrected chi connectivity index (χ2v) is 14.3. The summed E-state index contributed by atoms with van der Waals surface area (Å²) in [6.45, 7) is 19.8. The molecular formula is C35H51N3O5. The largest absolute Gasteiger partial charge is 0.396 e. The smallest absolute Gasteiger partial charge is 0.249 e. The Hall–Kier alpha value is -2.97. The number of carbonyl (C=O) groups excluding carboxylic acids is 3. The fourth-order valence-corrected chi connectivity index (χ4v) is 8.06. The molecule has 3 aliphatic rings. The van der Waals surface area contributed by atoms with E-state index in [2.05, 4.69) is 47.8 Å². The lowest BCUT2D eigenvalue weighted by Gasteiger charge is -2.45. The van der Waals surface area contributed by atoms with Gasteiger partial charge in [0.2, 0.25) is 17.7 Å². The zero-order valence-corrected chi connectivity index (χ0v) is 26.8. The van der Waals surface area contributed by atoms with Gasteiger partial charge in [-0.3, -0.25) is 14.4 Å². The maximum absolute atomic E-state index is 14.8. The number of amides is 3. The standard InChI is InChI=1S/C35H51N3O5/c1-8-19-36(23-25-15-11-10-12-16-25)30(40)27-26-17-18-35(43-26)28(27)31(41)37(21-13-14-22-39)29(35)32(42)38(20-9-2)34(6,7)24-33(3,4)5/h8-12,15-16,26-29,39H,1-2,13-14,17-24H2,3-7H3/t26-,27+,28+,29?,35?/m1/s1. The molecule has 1 spiro atoms. The molecule has 2 unspecified atom stereocenters. The van der Waals surface area contributed by atoms with E-state index in [4.69, 9.17) is 4.74 Å². The molecule has 3 amide bonds. The quantitative estimate of drug-likeness (QED) is 0.252. The summed E-state index contributed by atoms with van der Waals surface area (Å²) >= 11 is 0. The monoisotopic (exact) mass is 593 g/mol. The van der Waals surface area contributed by atoms with Crippen LogP contribution in [0.15, 0.2) is 55.6 Å². The minimum atomic E-state index is -1.07. The van der Waals surface area contributed by atoms with Crippen molar-refractivity contribution >= 4 is 17.7 Å². The maximum Gasteiger partial charge on any atom is 0.249 e. The molecule has 43 heavy (non-hydrogen) atoms. The van der Waals surface area contributed by atoms with E-state index in [1.165, 1.54) is 0 Å². The number of unbranched alkanes of at least 4 members (excludes halogenated alkanes) is 1. The van der Waals surface area contributed by atoms with Crippen molar-refractivity contribution in [3.05, 3.63) is 61.2 Å². The number of hydrogen-bond donors (Lipinski definition) is 1. The van der Waals surface area contributed by atoms with Crippen molar-refractivity contribution in [2.24, 2.45) is 17.3 Å². The number of hydrogen-bond acceptors (Lipinski definition) is 5. The van der Waals surface area contributed by atoms with Crippen molar-refractivity contribution in [3.63, 3.8) is 0 Å². The van der Waals surface area contributed by atoms with Crippen LogP contribution in [0.1, 0.15) is 72.3 Å². The van der Waals surface area contributed by atoms with Gasteiger partial charge in [-0.25, -0.2) is 0 Å². The first-order valence-electron chi connectivity index (χ1n) is 15.8. The molecule has 0 aliphatic carbocycles. The molecule has 3 aliphatic heterocycles. The number of nitrogens with zero attached hydrogens (tertiary/aromatic N) is 3. The van der Waals surface area contributed by atoms with Crippen molar-refractivity contribution in [2.75, 3.05) is 26.2 Å². The summed E-state index contributed by atoms with van der Waals surface area (Å²) in [6, 6.07) is 8.95. The van der Waals surface area contributed by atoms with Crippen LogP contribution in [0.5, 0.6) is 0 Å². The molecule has 5 atom stereocenters. The van der Waals surface area contributed by atoms with Gasteiger partial charge in [-0.15, -0.1) is 13.2 Å². The lowest BCUT2D eigenvalue weighted by atomic mass is 9.70. The van der Waals surface area contributed by atoms with E-state index in [0.29, 0.717) is 51.9 Å². The number of ether oxygens (including phenoxy) is 1. The SMILES string of the molecule is C=CCN(Cc1ccccc1)C(=O)[C@@H]1[C@H]2C(=O)N(CCCCO)C(C(=O)N(CC=C)C(C)(C)CC(C)(C)C)C23CC[C@H]1O3. The molecule has 3 heterocycles. The summed E-state index contributed by atoms with van der Waals surface area (Å²) in [6.07, 6.45) is 6.02. The predicted molar refractivity (Wildman–Crippen MR) is 168 cm³/mol. The van der Waals surface area contributed by atoms with Crippen molar-refractivity contribution in [1.29, 1.82) is 0 Å². The number of carbonyl (C=O) groups is 3. The minimum absolute atomic E-state index is 0.00605. The number of rotatable bonds is 14. The predicted octanol–water partition coefficient (Wildman–Crippen LogP) is 4.58. The van der Waals surface area contributed by atoms with Crippen molar-refractivity contribution in [2.45, 2.75) is 96.6 Å². The Balaban J connectivity index is 1.73. The number of likely N-dealkylation sites (tertiary alicyclic amines) is 1. The van der Waals surface area contributed by atoms with Gasteiger partial charge >= 0.3 is 0 Å². The average molecular weight is 594 g/mol. The van der Waals surface area contributed by atoms with Crippen LogP contribution >= 0.6 is 0 Å². The zero-order chi connectivity index (χ0) is 31.6. The van der Waals surface area contributed by atoms with E-state index in [0.717, 1.165) is 12.0 Å². The van der Waals surface area contributed by atoms with Crippen LogP contribution in [0.3, 0.4) is 0 Å². The Kier molecular flexibility index (Phi) is 9.92. The molecule has 4 rings (SSSR count). The van der Waals surface area contributed by atoms with Crippen LogP contribution in [0.4, 0.5) is 0 Å². The molecule has 3 saturated heterocycles. The molecule has 8 heteroatoms. The summed E-state index contributed by atoms with van der Waals surface area (Å²) in [7, 11) is 0. The van der Waals surface area contributed by atoms with E-state index < -0.39 is 35.1 Å². The average Bonchev–Trinajstić information content (AvgIpc) is 3.57. The van der Waals surface area contributed by atoms with Gasteiger partial charge in [0.1, 0.15) is 11.6 Å². The lowest BCUT2D eigenvalue weighted by molar-refractivity contribution is -0.153. The fourth-order valence-electron chi connectivity index (χ4n) is 8.06. The molecule has 3 fully saturated rings. The molecule has 1 N–H and O–H groups in total. The first-order valence-corrected chi connectivity index (χ1v) is 15.8. The number of aliphatic hydroxyl groups excluding tert-OH is 1. The van der Waals surface area contributed by atoms with Gasteiger partial charge in [0.15, 0.2) is 0 Å². The molecule has 2 bridgehead atoms. The van der Waals surface area contributed by atoms with Crippen LogP contribution in [-0.4, -0.2) is 87.1 Å². The van der Waals surface area contributed by atoms with E-state index in [1.54, 1.807) is 22.0 Å². The summed E-state index contributed by atoms with van der Waals surface area (Å²) in [4.78, 5) is 48.7. The van der Waals surface area contributed by atoms with Gasteiger partial charge in [-0.2, -0.15) is 0 Å². The van der Waals surface area contributed by atoms with E-state index in [9.17, 15) is 19.5 Å². The Morgan fingerprint density at radius 1 is 1.07 bits per heavy atom. The number of aliphatic hydroxyl groups is 1. The molecule has 8 nitrogen and oxygen atoms in total. The summed E-state index contributed by atoms with van der Waals surface area (Å²) in [5.41, 5.74) is -0.624. The minimum Gasteiger partial charge on any atom is -0.396 e. The maximum atomic E-state index is 14.8. The Morgan fingerprint density at radius 3 is 2.35 bits per heavy atom. The molecule has 0 aromatic heterocycles. The highest BCUT2D eigenvalue weighted by Gasteiger charge is 2.75. The fraction of sp³-hybridized carbons (Fsp3) is 0.629. The first kappa shape index (κ1) is 32.9. The van der Waals surface area contributed by atoms with Gasteiger partial charge in [-0.1, -0.05) is 63.3 Å². The topological polar surface area (TPSA) is 90.4 Å². The summed E-state index contributed by atoms with van der Waals surface area (Å²) in [5, 5.41) is 9.49. The van der Waals surface area contributed by atoms with Gasteiger partial charge in [0.05, 0.1) is 17.9 Å². The van der Waals surface area contributed by atoms with Gasteiger partial charge in [0.25, 0.3) is 0 Å². The highest BCUT2D eigenvalue weighted by Crippen LogP contribution is 2.59. The first-order chi connectivity index (χ1) is 20.3. The Morgan fingerprint density at radius 2 is 1.74 bits per heavy atom. The zero-order valence-electron chi connectivity index (χ0n) is 26.8. The third kappa shape index (κ3) is 6.46. The van der Waals surface area contributed by atoms with E-state index in [1.807, 2.05) is 35.2 Å². The second kappa shape index (κ2) is 12.9. The van der Waals surface area contributed by atoms with Gasteiger partial charge in [0, 0.05) is 38.3 Å². The van der Waals surface area contributed by atoms with Gasteiger partial charge < -0.3 is 24.5 Å². The van der Waals surface area contributed by atoms with Crippen LogP contribution < -0.4 is 0 Å². The summed E-state index contributed by atoms with van der Waals surface area (Å²) < 4.78 is 6.72. The van der Waals surface area contributed by atoms with E-state index in [-0.39, 0.29) is 29.7 Å². The molecular weight excluding hydrogens is 542 g/mol. The molecule has 1 aromatic rings. The number of fused-ring (bicyclic) bond motifs is 1. The second-order valence-electron chi connectivity index (χ2n) is 14.3. The van der Waals surface area contributed by atoms with E-state index >= 15 is 0 Å². The molecule has 1 aromatic carbocycles. The Bertz CT molecular complexity index is 1190. The third-order valence-corrected chi connectivity index (χ3v) is 9.28. The van der Waals surface area contributed by atoms with Crippen molar-refractivity contribution < 1.29 is 24.2 Å². The van der Waals surface area contributed by atoms with Crippen LogP contribution in [0.2, 0.25) is 0 Å². The van der Waals surface area contributed by atoms with Crippen LogP contribution in [0.25, 0.3) is 0 Å². The van der Waals surface area contributed by atoms with Crippen molar-refractivity contribution in [1.82, 2.24) is 14.7 Å². The number of benzene rings is 1. The normalized spacial score (nSPS) is 26.4. The summed E-state index contributed by atoms with van der Waals surface area (Å²) in [5.74, 6) is -1.88. The molecule has 0 radical (unpaired) electrons. The highest BCUT2D eigenvalue weighted by molar-refractivity contribution is 5.99. The molecule has 236 valence electrons.